The fraction of sp³-hybridized carbons (Fsp3) is 0.0500. The molecular formula is C20H16N3. The van der Waals surface area contributed by atoms with E-state index < -0.39 is 0 Å². The molecule has 3 nitrogen and oxygen atoms in total. The van der Waals surface area contributed by atoms with Crippen molar-refractivity contribution in [3.63, 3.8) is 0 Å². The summed E-state index contributed by atoms with van der Waals surface area (Å²) in [6.45, 7) is 0.761. The topological polar surface area (TPSA) is 29.9 Å². The Morgan fingerprint density at radius 1 is 1.09 bits per heavy atom. The van der Waals surface area contributed by atoms with Gasteiger partial charge in [-0.3, -0.25) is 4.98 Å². The Morgan fingerprint density at radius 2 is 2.09 bits per heavy atom. The summed E-state index contributed by atoms with van der Waals surface area (Å²) in [7, 11) is 0. The minimum Gasteiger partial charge on any atom is -0.381 e. The second kappa shape index (κ2) is 5.97. The average molecular weight is 298 g/mol. The first kappa shape index (κ1) is 13.6. The second-order valence-corrected chi connectivity index (χ2v) is 5.44. The third-order valence-corrected chi connectivity index (χ3v) is 3.88. The smallest absolute Gasteiger partial charge is 0.0534 e. The molecule has 1 radical (unpaired) electrons. The van der Waals surface area contributed by atoms with Crippen molar-refractivity contribution in [3.8, 4) is 5.69 Å². The van der Waals surface area contributed by atoms with Crippen molar-refractivity contribution in [2.45, 2.75) is 6.54 Å². The highest BCUT2D eigenvalue weighted by Crippen LogP contribution is 2.22. The van der Waals surface area contributed by atoms with Gasteiger partial charge in [-0.2, -0.15) is 0 Å². The number of pyridine rings is 1. The quantitative estimate of drug-likeness (QED) is 0.603. The van der Waals surface area contributed by atoms with Gasteiger partial charge < -0.3 is 9.88 Å². The van der Waals surface area contributed by atoms with Gasteiger partial charge in [0.25, 0.3) is 0 Å². The lowest BCUT2D eigenvalue weighted by molar-refractivity contribution is 1.10. The highest BCUT2D eigenvalue weighted by atomic mass is 15.0. The third kappa shape index (κ3) is 2.81. The van der Waals surface area contributed by atoms with Crippen LogP contribution in [-0.2, 0) is 6.54 Å². The second-order valence-electron chi connectivity index (χ2n) is 5.44. The normalized spacial score (nSPS) is 10.8. The molecule has 0 saturated carbocycles. The van der Waals surface area contributed by atoms with Crippen LogP contribution < -0.4 is 5.32 Å². The van der Waals surface area contributed by atoms with Crippen LogP contribution in [0.1, 0.15) is 5.56 Å². The van der Waals surface area contributed by atoms with Gasteiger partial charge in [0.2, 0.25) is 0 Å². The third-order valence-electron chi connectivity index (χ3n) is 3.88. The monoisotopic (exact) mass is 298 g/mol. The Kier molecular flexibility index (Phi) is 3.53. The molecule has 2 heterocycles. The Hall–Kier alpha value is -3.07. The summed E-state index contributed by atoms with van der Waals surface area (Å²) in [6, 6.07) is 23.8. The van der Waals surface area contributed by atoms with Gasteiger partial charge >= 0.3 is 0 Å². The van der Waals surface area contributed by atoms with Crippen LogP contribution in [0.25, 0.3) is 16.6 Å². The van der Waals surface area contributed by atoms with E-state index in [2.05, 4.69) is 69.6 Å². The maximum absolute atomic E-state index is 4.14. The number of nitrogens with zero attached hydrogens (tertiary/aromatic N) is 2. The summed E-state index contributed by atoms with van der Waals surface area (Å²) >= 11 is 0. The Morgan fingerprint density at radius 3 is 3.00 bits per heavy atom. The predicted molar refractivity (Wildman–Crippen MR) is 93.7 cm³/mol. The molecule has 2 aromatic heterocycles. The molecule has 0 aliphatic carbocycles. The van der Waals surface area contributed by atoms with Crippen LogP contribution in [0.2, 0.25) is 0 Å². The molecule has 3 heteroatoms. The van der Waals surface area contributed by atoms with Gasteiger partial charge in [-0.05, 0) is 53.4 Å². The molecule has 0 unspecified atom stereocenters. The van der Waals surface area contributed by atoms with E-state index in [0.717, 1.165) is 23.4 Å². The standard InChI is InChI=1S/C20H16N3/c1-2-9-20-17(6-1)10-12-23(20)19-8-3-7-18(13-19)22-15-16-5-4-11-21-14-16/h1,3-14,22H,15H2. The van der Waals surface area contributed by atoms with E-state index >= 15 is 0 Å². The molecule has 111 valence electrons. The largest absolute Gasteiger partial charge is 0.381 e. The Labute approximate surface area is 135 Å². The van der Waals surface area contributed by atoms with Gasteiger partial charge in [0.05, 0.1) is 5.52 Å². The number of hydrogen-bond acceptors (Lipinski definition) is 2. The van der Waals surface area contributed by atoms with Crippen LogP contribution in [0.15, 0.2) is 79.3 Å². The van der Waals surface area contributed by atoms with E-state index in [4.69, 9.17) is 0 Å². The van der Waals surface area contributed by atoms with Crippen molar-refractivity contribution in [3.05, 3.63) is 90.9 Å². The number of fused-ring (bicyclic) bond motifs is 1. The van der Waals surface area contributed by atoms with Crippen molar-refractivity contribution < 1.29 is 0 Å². The van der Waals surface area contributed by atoms with Crippen LogP contribution in [0, 0.1) is 6.07 Å². The molecule has 0 spiro atoms. The molecule has 0 aliphatic rings. The van der Waals surface area contributed by atoms with Crippen LogP contribution in [0.5, 0.6) is 0 Å². The predicted octanol–water partition coefficient (Wildman–Crippen LogP) is 4.44. The lowest BCUT2D eigenvalue weighted by atomic mass is 10.2. The fourth-order valence-corrected chi connectivity index (χ4v) is 2.72. The lowest BCUT2D eigenvalue weighted by Gasteiger charge is -2.10. The summed E-state index contributed by atoms with van der Waals surface area (Å²) in [4.78, 5) is 4.14. The summed E-state index contributed by atoms with van der Waals surface area (Å²) in [5.41, 5.74) is 4.56. The molecule has 0 amide bonds. The van der Waals surface area contributed by atoms with Crippen molar-refractivity contribution in [1.82, 2.24) is 9.55 Å². The molecule has 1 N–H and O–H groups in total. The number of hydrogen-bond donors (Lipinski definition) is 1. The zero-order valence-corrected chi connectivity index (χ0v) is 12.6. The van der Waals surface area contributed by atoms with Crippen molar-refractivity contribution in [1.29, 1.82) is 0 Å². The SMILES string of the molecule is [c]1ccc2ccn(-c3cccc(NCc4cccnc4)c3)c2c1. The van der Waals surface area contributed by atoms with Gasteiger partial charge in [-0.15, -0.1) is 0 Å². The first-order valence-corrected chi connectivity index (χ1v) is 7.60. The highest BCUT2D eigenvalue weighted by molar-refractivity contribution is 5.81. The van der Waals surface area contributed by atoms with E-state index in [9.17, 15) is 0 Å². The van der Waals surface area contributed by atoms with Crippen LogP contribution in [-0.4, -0.2) is 9.55 Å². The zero-order chi connectivity index (χ0) is 15.5. The molecular weight excluding hydrogens is 282 g/mol. The van der Waals surface area contributed by atoms with E-state index in [0.29, 0.717) is 0 Å². The number of benzene rings is 2. The minimum absolute atomic E-state index is 0.761. The van der Waals surface area contributed by atoms with Crippen molar-refractivity contribution >= 4 is 16.6 Å². The molecule has 4 rings (SSSR count). The van der Waals surface area contributed by atoms with Gasteiger partial charge in [0.1, 0.15) is 0 Å². The molecule has 2 aromatic carbocycles. The van der Waals surface area contributed by atoms with Crippen molar-refractivity contribution in [2.24, 2.45) is 0 Å². The van der Waals surface area contributed by atoms with Crippen LogP contribution in [0.4, 0.5) is 5.69 Å². The summed E-state index contributed by atoms with van der Waals surface area (Å²) in [5, 5.41) is 4.67. The maximum atomic E-state index is 4.14. The Balaban J connectivity index is 1.61. The number of nitrogens with one attached hydrogen (secondary N) is 1. The average Bonchev–Trinajstić information content (AvgIpc) is 3.05. The summed E-state index contributed by atoms with van der Waals surface area (Å²) in [5.74, 6) is 0. The van der Waals surface area contributed by atoms with Crippen LogP contribution >= 0.6 is 0 Å². The van der Waals surface area contributed by atoms with Gasteiger partial charge in [0, 0.05) is 36.5 Å². The minimum atomic E-state index is 0.761. The molecule has 0 bridgehead atoms. The first-order chi connectivity index (χ1) is 11.4. The number of anilines is 1. The Bertz CT molecular complexity index is 926. The van der Waals surface area contributed by atoms with E-state index in [1.165, 1.54) is 10.9 Å². The number of rotatable bonds is 4. The molecule has 4 aromatic rings. The van der Waals surface area contributed by atoms with Crippen LogP contribution in [0.3, 0.4) is 0 Å². The molecule has 23 heavy (non-hydrogen) atoms. The van der Waals surface area contributed by atoms with Gasteiger partial charge in [-0.25, -0.2) is 0 Å². The van der Waals surface area contributed by atoms with E-state index in [1.807, 2.05) is 24.4 Å². The van der Waals surface area contributed by atoms with Gasteiger partial charge in [-0.1, -0.05) is 24.3 Å². The molecule has 0 fully saturated rings. The summed E-state index contributed by atoms with van der Waals surface area (Å²) < 4.78 is 2.18. The number of aromatic nitrogens is 2. The first-order valence-electron chi connectivity index (χ1n) is 7.60. The maximum Gasteiger partial charge on any atom is 0.0534 e. The zero-order valence-electron chi connectivity index (χ0n) is 12.6. The lowest BCUT2D eigenvalue weighted by Crippen LogP contribution is -2.00. The fourth-order valence-electron chi connectivity index (χ4n) is 2.72. The molecule has 0 aliphatic heterocycles. The molecule has 0 atom stereocenters. The highest BCUT2D eigenvalue weighted by Gasteiger charge is 2.03. The van der Waals surface area contributed by atoms with Crippen molar-refractivity contribution in [2.75, 3.05) is 5.32 Å². The summed E-state index contributed by atoms with van der Waals surface area (Å²) in [6.07, 6.45) is 5.77. The van der Waals surface area contributed by atoms with E-state index in [-0.39, 0.29) is 0 Å². The molecule has 0 saturated heterocycles. The van der Waals surface area contributed by atoms with Gasteiger partial charge in [0.15, 0.2) is 0 Å². The van der Waals surface area contributed by atoms with E-state index in [1.54, 1.807) is 6.20 Å².